The molecule has 0 amide bonds. The molecular weight excluding hydrogens is 301 g/mol. The standard InChI is InChI=1S/C16H18FN3OS/c17-14-6-2-1-5-13(14)15-18-19-16(20(15)11-7-8-11)22-10-12-4-3-9-21-12/h1-2,5-6,11-12H,3-4,7-10H2/t12-/m0/s1. The summed E-state index contributed by atoms with van der Waals surface area (Å²) in [5, 5.41) is 9.46. The summed E-state index contributed by atoms with van der Waals surface area (Å²) in [4.78, 5) is 0. The van der Waals surface area contributed by atoms with Crippen LogP contribution in [0.1, 0.15) is 31.7 Å². The van der Waals surface area contributed by atoms with Gasteiger partial charge in [0.1, 0.15) is 5.82 Å². The molecule has 6 heteroatoms. The van der Waals surface area contributed by atoms with Gasteiger partial charge in [0.05, 0.1) is 11.7 Å². The predicted octanol–water partition coefficient (Wildman–Crippen LogP) is 3.69. The van der Waals surface area contributed by atoms with Crippen molar-refractivity contribution in [1.82, 2.24) is 14.8 Å². The van der Waals surface area contributed by atoms with Crippen molar-refractivity contribution in [2.45, 2.75) is 43.0 Å². The van der Waals surface area contributed by atoms with Crippen LogP contribution in [0, 0.1) is 5.82 Å². The summed E-state index contributed by atoms with van der Waals surface area (Å²) >= 11 is 1.68. The third-order valence-corrected chi connectivity index (χ3v) is 5.19. The number of hydrogen-bond acceptors (Lipinski definition) is 4. The van der Waals surface area contributed by atoms with Gasteiger partial charge in [0, 0.05) is 18.4 Å². The number of benzene rings is 1. The summed E-state index contributed by atoms with van der Waals surface area (Å²) in [5.74, 6) is 1.30. The van der Waals surface area contributed by atoms with E-state index < -0.39 is 0 Å². The maximum atomic E-state index is 14.1. The second kappa shape index (κ2) is 6.01. The monoisotopic (exact) mass is 319 g/mol. The maximum absolute atomic E-state index is 14.1. The Bertz CT molecular complexity index is 665. The zero-order valence-corrected chi connectivity index (χ0v) is 13.1. The van der Waals surface area contributed by atoms with Crippen LogP contribution in [0.3, 0.4) is 0 Å². The van der Waals surface area contributed by atoms with Crippen molar-refractivity contribution in [3.63, 3.8) is 0 Å². The average Bonchev–Trinajstić information content (AvgIpc) is 3.08. The minimum atomic E-state index is -0.243. The summed E-state index contributed by atoms with van der Waals surface area (Å²) in [7, 11) is 0. The van der Waals surface area contributed by atoms with Crippen LogP contribution >= 0.6 is 11.8 Å². The fraction of sp³-hybridized carbons (Fsp3) is 0.500. The Morgan fingerprint density at radius 1 is 1.23 bits per heavy atom. The largest absolute Gasteiger partial charge is 0.377 e. The zero-order valence-electron chi connectivity index (χ0n) is 12.2. The molecular formula is C16H18FN3OS. The lowest BCUT2D eigenvalue weighted by Gasteiger charge is -2.11. The van der Waals surface area contributed by atoms with Gasteiger partial charge < -0.3 is 4.74 Å². The Balaban J connectivity index is 1.61. The molecule has 22 heavy (non-hydrogen) atoms. The van der Waals surface area contributed by atoms with Gasteiger partial charge in [-0.25, -0.2) is 4.39 Å². The minimum absolute atomic E-state index is 0.243. The van der Waals surface area contributed by atoms with Gasteiger partial charge in [-0.05, 0) is 37.8 Å². The molecule has 1 saturated carbocycles. The molecule has 116 valence electrons. The van der Waals surface area contributed by atoms with Crippen LogP contribution in [0.5, 0.6) is 0 Å². The van der Waals surface area contributed by atoms with Crippen LogP contribution in [-0.4, -0.2) is 33.2 Å². The van der Waals surface area contributed by atoms with Gasteiger partial charge in [-0.1, -0.05) is 23.9 Å². The number of thioether (sulfide) groups is 1. The first-order valence-electron chi connectivity index (χ1n) is 7.77. The molecule has 1 aliphatic heterocycles. The Morgan fingerprint density at radius 2 is 2.09 bits per heavy atom. The molecule has 2 aromatic rings. The fourth-order valence-electron chi connectivity index (χ4n) is 2.81. The van der Waals surface area contributed by atoms with E-state index in [1.54, 1.807) is 23.9 Å². The van der Waals surface area contributed by atoms with Gasteiger partial charge in [-0.15, -0.1) is 10.2 Å². The molecule has 1 aromatic heterocycles. The summed E-state index contributed by atoms with van der Waals surface area (Å²) in [6.07, 6.45) is 4.80. The van der Waals surface area contributed by atoms with E-state index in [1.807, 2.05) is 6.07 Å². The van der Waals surface area contributed by atoms with Crippen LogP contribution in [0.25, 0.3) is 11.4 Å². The number of nitrogens with zero attached hydrogens (tertiary/aromatic N) is 3. The molecule has 4 nitrogen and oxygen atoms in total. The van der Waals surface area contributed by atoms with Gasteiger partial charge in [0.2, 0.25) is 0 Å². The molecule has 2 heterocycles. The van der Waals surface area contributed by atoms with E-state index >= 15 is 0 Å². The van der Waals surface area contributed by atoms with Crippen molar-refractivity contribution in [2.24, 2.45) is 0 Å². The lowest BCUT2D eigenvalue weighted by Crippen LogP contribution is -2.09. The molecule has 0 radical (unpaired) electrons. The van der Waals surface area contributed by atoms with E-state index in [0.29, 0.717) is 23.5 Å². The zero-order chi connectivity index (χ0) is 14.9. The molecule has 0 bridgehead atoms. The maximum Gasteiger partial charge on any atom is 0.191 e. The van der Waals surface area contributed by atoms with Crippen molar-refractivity contribution in [3.8, 4) is 11.4 Å². The SMILES string of the molecule is Fc1ccccc1-c1nnc(SC[C@@H]2CCCO2)n1C1CC1. The van der Waals surface area contributed by atoms with Crippen molar-refractivity contribution in [2.75, 3.05) is 12.4 Å². The van der Waals surface area contributed by atoms with Crippen LogP contribution in [0.2, 0.25) is 0 Å². The molecule has 0 spiro atoms. The normalized spacial score (nSPS) is 21.4. The minimum Gasteiger partial charge on any atom is -0.377 e. The summed E-state index contributed by atoms with van der Waals surface area (Å²) < 4.78 is 21.8. The van der Waals surface area contributed by atoms with Crippen molar-refractivity contribution in [1.29, 1.82) is 0 Å². The third kappa shape index (κ3) is 2.77. The molecule has 1 aliphatic carbocycles. The summed E-state index contributed by atoms with van der Waals surface area (Å²) in [5.41, 5.74) is 0.533. The number of aromatic nitrogens is 3. The lowest BCUT2D eigenvalue weighted by atomic mass is 10.2. The second-order valence-corrected chi connectivity index (χ2v) is 6.82. The molecule has 1 aromatic carbocycles. The van der Waals surface area contributed by atoms with E-state index in [2.05, 4.69) is 14.8 Å². The summed E-state index contributed by atoms with van der Waals surface area (Å²) in [6.45, 7) is 0.862. The number of rotatable bonds is 5. The lowest BCUT2D eigenvalue weighted by molar-refractivity contribution is 0.129. The average molecular weight is 319 g/mol. The molecule has 2 fully saturated rings. The van der Waals surface area contributed by atoms with Gasteiger partial charge in [-0.2, -0.15) is 0 Å². The quantitative estimate of drug-likeness (QED) is 0.788. The molecule has 0 unspecified atom stereocenters. The van der Waals surface area contributed by atoms with Gasteiger partial charge in [0.25, 0.3) is 0 Å². The molecule has 4 rings (SSSR count). The van der Waals surface area contributed by atoms with Crippen molar-refractivity contribution in [3.05, 3.63) is 30.1 Å². The Labute approximate surface area is 133 Å². The van der Waals surface area contributed by atoms with Crippen LogP contribution in [0.4, 0.5) is 4.39 Å². The molecule has 0 N–H and O–H groups in total. The molecule has 2 aliphatic rings. The number of ether oxygens (including phenoxy) is 1. The first kappa shape index (κ1) is 14.2. The highest BCUT2D eigenvalue weighted by Crippen LogP contribution is 2.41. The van der Waals surface area contributed by atoms with Crippen LogP contribution in [0.15, 0.2) is 29.4 Å². The number of halogens is 1. The Kier molecular flexibility index (Phi) is 3.88. The fourth-order valence-corrected chi connectivity index (χ4v) is 3.88. The Hall–Kier alpha value is -1.40. The van der Waals surface area contributed by atoms with Crippen LogP contribution < -0.4 is 0 Å². The van der Waals surface area contributed by atoms with Crippen molar-refractivity contribution >= 4 is 11.8 Å². The van der Waals surface area contributed by atoms with Crippen molar-refractivity contribution < 1.29 is 9.13 Å². The van der Waals surface area contributed by atoms with E-state index in [0.717, 1.165) is 43.2 Å². The van der Waals surface area contributed by atoms with E-state index in [4.69, 9.17) is 4.74 Å². The van der Waals surface area contributed by atoms with E-state index in [9.17, 15) is 4.39 Å². The van der Waals surface area contributed by atoms with E-state index in [1.165, 1.54) is 6.07 Å². The second-order valence-electron chi connectivity index (χ2n) is 5.83. The smallest absolute Gasteiger partial charge is 0.191 e. The molecule has 1 atom stereocenters. The van der Waals surface area contributed by atoms with Gasteiger partial charge >= 0.3 is 0 Å². The van der Waals surface area contributed by atoms with Crippen LogP contribution in [-0.2, 0) is 4.74 Å². The predicted molar refractivity (Wildman–Crippen MR) is 83.4 cm³/mol. The first-order valence-corrected chi connectivity index (χ1v) is 8.75. The highest BCUT2D eigenvalue weighted by Gasteiger charge is 2.31. The van der Waals surface area contributed by atoms with Gasteiger partial charge in [-0.3, -0.25) is 4.57 Å². The molecule has 1 saturated heterocycles. The highest BCUT2D eigenvalue weighted by molar-refractivity contribution is 7.99. The third-order valence-electron chi connectivity index (χ3n) is 4.11. The first-order chi connectivity index (χ1) is 10.8. The Morgan fingerprint density at radius 3 is 2.82 bits per heavy atom. The van der Waals surface area contributed by atoms with Gasteiger partial charge in [0.15, 0.2) is 11.0 Å². The van der Waals surface area contributed by atoms with E-state index in [-0.39, 0.29) is 5.82 Å². The highest BCUT2D eigenvalue weighted by atomic mass is 32.2. The number of hydrogen-bond donors (Lipinski definition) is 0. The summed E-state index contributed by atoms with van der Waals surface area (Å²) in [6, 6.07) is 7.19. The topological polar surface area (TPSA) is 39.9 Å².